The molecule has 0 aliphatic carbocycles. The predicted molar refractivity (Wildman–Crippen MR) is 239 cm³/mol. The molecule has 0 radical (unpaired) electrons. The minimum Gasteiger partial charge on any atom is -0.349 e. The van der Waals surface area contributed by atoms with Gasteiger partial charge in [-0.25, -0.2) is 15.0 Å². The molecule has 6 rings (SSSR count). The average molecular weight is 891 g/mol. The molecule has 0 saturated carbocycles. The number of hydrogen-bond acceptors (Lipinski definition) is 12. The van der Waals surface area contributed by atoms with Crippen molar-refractivity contribution in [3.05, 3.63) is 113 Å². The van der Waals surface area contributed by atoms with E-state index in [1.165, 1.54) is 27.7 Å². The van der Waals surface area contributed by atoms with E-state index in [9.17, 15) is 33.6 Å². The van der Waals surface area contributed by atoms with Crippen LogP contribution in [0.2, 0.25) is 0 Å². The molecule has 21 heteroatoms. The van der Waals surface area contributed by atoms with Gasteiger partial charge in [0.1, 0.15) is 5.78 Å². The zero-order chi connectivity index (χ0) is 47.1. The highest BCUT2D eigenvalue weighted by atomic mass is 16.2. The smallest absolute Gasteiger partial charge is 0.292 e. The summed E-state index contributed by atoms with van der Waals surface area (Å²) in [5, 5.41) is 8.04. The van der Waals surface area contributed by atoms with Crippen LogP contribution in [0, 0.1) is 5.92 Å². The van der Waals surface area contributed by atoms with Crippen molar-refractivity contribution in [3.63, 3.8) is 0 Å². The molecule has 0 aliphatic heterocycles. The number of nitrogens with zero attached hydrogens (tertiary/aromatic N) is 9. The van der Waals surface area contributed by atoms with E-state index in [4.69, 9.17) is 11.5 Å². The highest BCUT2D eigenvalue weighted by Gasteiger charge is 2.24. The molecule has 3 amide bonds. The van der Waals surface area contributed by atoms with E-state index in [1.54, 1.807) is 104 Å². The van der Waals surface area contributed by atoms with Crippen molar-refractivity contribution in [3.8, 4) is 0 Å². The van der Waals surface area contributed by atoms with Crippen LogP contribution >= 0.6 is 0 Å². The molecule has 1 atom stereocenters. The first kappa shape index (κ1) is 47.0. The maximum absolute atomic E-state index is 13.6. The first-order chi connectivity index (χ1) is 31.0. The van der Waals surface area contributed by atoms with Gasteiger partial charge in [0, 0.05) is 124 Å². The van der Waals surface area contributed by atoms with E-state index in [0.717, 1.165) is 0 Å². The number of aryl methyl sites for hydroxylation is 6. The van der Waals surface area contributed by atoms with Crippen LogP contribution in [-0.2, 0) is 66.3 Å². The number of nitrogens with two attached hydrogens (primary N) is 2. The maximum atomic E-state index is 13.6. The van der Waals surface area contributed by atoms with Crippen molar-refractivity contribution >= 4 is 52.5 Å². The molecule has 0 aromatic carbocycles. The lowest BCUT2D eigenvalue weighted by atomic mass is 9.92. The number of hydrogen-bond donors (Lipinski definition) is 5. The minimum absolute atomic E-state index is 0.0170. The Bertz CT molecular complexity index is 2780. The summed E-state index contributed by atoms with van der Waals surface area (Å²) in [4.78, 5) is 104. The molecule has 7 N–H and O–H groups in total. The van der Waals surface area contributed by atoms with Gasteiger partial charge in [0.05, 0.1) is 17.1 Å². The summed E-state index contributed by atoms with van der Waals surface area (Å²) in [5.41, 5.74) is 14.8. The first-order valence-corrected chi connectivity index (χ1v) is 20.9. The van der Waals surface area contributed by atoms with Gasteiger partial charge in [-0.2, -0.15) is 0 Å². The van der Waals surface area contributed by atoms with Gasteiger partial charge in [0.15, 0.2) is 34.8 Å². The van der Waals surface area contributed by atoms with E-state index in [1.807, 2.05) is 0 Å². The molecule has 6 aromatic heterocycles. The van der Waals surface area contributed by atoms with Crippen molar-refractivity contribution in [2.24, 2.45) is 59.7 Å². The zero-order valence-corrected chi connectivity index (χ0v) is 37.3. The van der Waals surface area contributed by atoms with E-state index in [-0.39, 0.29) is 97.6 Å². The monoisotopic (exact) mass is 890 g/mol. The van der Waals surface area contributed by atoms with Crippen LogP contribution in [0.4, 0.5) is 11.6 Å². The maximum Gasteiger partial charge on any atom is 0.292 e. The standard InChI is InChI=1S/C44H54N14O7/c1-53-14-13-47-39(53)43(64)51-38-25-58(6)41(50-38)44(65)52-37-24-57(5)40(49-37)42(63)48-12-9-29(7-10-45)34(60)18-26-16-31(55(3)21-26)36(62)20-28-17-32(56(4)23-28)35(61)19-27-15-30(54(2)22-27)33(59)8-11-46/h13-17,21-25,29H,7-12,18-20,45-46H2,1-6H3,(H,48,63)(H,51,64)(H,52,65). The van der Waals surface area contributed by atoms with Crippen LogP contribution < -0.4 is 27.4 Å². The second-order valence-electron chi connectivity index (χ2n) is 16.0. The summed E-state index contributed by atoms with van der Waals surface area (Å²) >= 11 is 0. The second-order valence-corrected chi connectivity index (χ2v) is 16.0. The summed E-state index contributed by atoms with van der Waals surface area (Å²) < 4.78 is 9.49. The van der Waals surface area contributed by atoms with Crippen molar-refractivity contribution < 1.29 is 33.6 Å². The molecule has 0 fully saturated rings. The molecule has 342 valence electrons. The topological polar surface area (TPSA) is 276 Å². The number of carbonyl (C=O) groups is 7. The van der Waals surface area contributed by atoms with Gasteiger partial charge >= 0.3 is 0 Å². The first-order valence-electron chi connectivity index (χ1n) is 20.9. The normalized spacial score (nSPS) is 11.7. The predicted octanol–water partition coefficient (Wildman–Crippen LogP) is 1.69. The lowest BCUT2D eigenvalue weighted by Crippen LogP contribution is -2.30. The Morgan fingerprint density at radius 3 is 1.51 bits per heavy atom. The molecule has 0 aliphatic rings. The number of nitrogens with one attached hydrogen (secondary N) is 3. The van der Waals surface area contributed by atoms with Crippen molar-refractivity contribution in [1.29, 1.82) is 0 Å². The Labute approximate surface area is 374 Å². The summed E-state index contributed by atoms with van der Waals surface area (Å²) in [6, 6.07) is 5.11. The fourth-order valence-corrected chi connectivity index (χ4v) is 7.69. The van der Waals surface area contributed by atoms with Crippen molar-refractivity contribution in [2.75, 3.05) is 30.3 Å². The van der Waals surface area contributed by atoms with E-state index < -0.39 is 23.6 Å². The van der Waals surface area contributed by atoms with Crippen LogP contribution in [0.3, 0.4) is 0 Å². The van der Waals surface area contributed by atoms with Gasteiger partial charge < -0.3 is 54.8 Å². The summed E-state index contributed by atoms with van der Waals surface area (Å²) in [7, 11) is 10.1. The zero-order valence-electron chi connectivity index (χ0n) is 37.3. The van der Waals surface area contributed by atoms with Gasteiger partial charge in [-0.05, 0) is 60.8 Å². The van der Waals surface area contributed by atoms with Gasteiger partial charge in [-0.1, -0.05) is 0 Å². The molecular formula is C44H54N14O7. The van der Waals surface area contributed by atoms with E-state index >= 15 is 0 Å². The van der Waals surface area contributed by atoms with Crippen LogP contribution in [0.1, 0.15) is 99.3 Å². The number of ketones is 4. The van der Waals surface area contributed by atoms with Gasteiger partial charge in [-0.15, -0.1) is 0 Å². The van der Waals surface area contributed by atoms with Gasteiger partial charge in [-0.3, -0.25) is 33.6 Å². The number of imidazole rings is 3. The van der Waals surface area contributed by atoms with Crippen LogP contribution in [0.5, 0.6) is 0 Å². The fourth-order valence-electron chi connectivity index (χ4n) is 7.69. The Kier molecular flexibility index (Phi) is 14.7. The highest BCUT2D eigenvalue weighted by molar-refractivity contribution is 6.04. The lowest BCUT2D eigenvalue weighted by Gasteiger charge is -2.15. The molecule has 1 unspecified atom stereocenters. The number of amides is 3. The minimum atomic E-state index is -0.624. The number of rotatable bonds is 22. The summed E-state index contributed by atoms with van der Waals surface area (Å²) in [6.07, 6.45) is 12.4. The van der Waals surface area contributed by atoms with E-state index in [2.05, 4.69) is 30.9 Å². The van der Waals surface area contributed by atoms with E-state index in [0.29, 0.717) is 46.6 Å². The quantitative estimate of drug-likeness (QED) is 0.0610. The SMILES string of the molecule is Cn1cc(CC(=O)c2cc(CC(=O)c3cc(CC(=O)C(CCN)CCNC(=O)c4nc(NC(=O)c5nc(NC(=O)c6nccn6C)cn5C)cn4C)cn3C)cn2C)cc1C(=O)CCN. The molecule has 6 heterocycles. The molecular weight excluding hydrogens is 837 g/mol. The van der Waals surface area contributed by atoms with Gasteiger partial charge in [0.25, 0.3) is 17.7 Å². The Morgan fingerprint density at radius 2 is 1.03 bits per heavy atom. The largest absolute Gasteiger partial charge is 0.349 e. The van der Waals surface area contributed by atoms with Crippen molar-refractivity contribution in [1.82, 2.24) is 47.7 Å². The number of Topliss-reactive ketones (excluding diaryl/α,β-unsaturated/α-hetero) is 4. The molecule has 0 saturated heterocycles. The second kappa shape index (κ2) is 20.3. The third-order valence-corrected chi connectivity index (χ3v) is 10.9. The summed E-state index contributed by atoms with van der Waals surface area (Å²) in [5.74, 6) is -2.24. The molecule has 0 spiro atoms. The van der Waals surface area contributed by atoms with Crippen LogP contribution in [0.15, 0.2) is 61.6 Å². The number of aromatic nitrogens is 9. The average Bonchev–Trinajstić information content (AvgIpc) is 4.11. The Morgan fingerprint density at radius 1 is 0.554 bits per heavy atom. The van der Waals surface area contributed by atoms with Crippen molar-refractivity contribution in [2.45, 2.75) is 38.5 Å². The molecule has 6 aromatic rings. The fraction of sp³-hybridized carbons (Fsp3) is 0.364. The number of anilines is 2. The summed E-state index contributed by atoms with van der Waals surface area (Å²) in [6.45, 7) is 0.636. The Balaban J connectivity index is 0.994. The molecule has 65 heavy (non-hydrogen) atoms. The molecule has 21 nitrogen and oxygen atoms in total. The third kappa shape index (κ3) is 11.2. The lowest BCUT2D eigenvalue weighted by molar-refractivity contribution is -0.122. The van der Waals surface area contributed by atoms with Gasteiger partial charge in [0.2, 0.25) is 11.6 Å². The van der Waals surface area contributed by atoms with Crippen LogP contribution in [0.25, 0.3) is 0 Å². The number of carbonyl (C=O) groups excluding carboxylic acids is 7. The third-order valence-electron chi connectivity index (χ3n) is 10.9. The van der Waals surface area contributed by atoms with Crippen LogP contribution in [-0.4, -0.2) is 103 Å². The highest BCUT2D eigenvalue weighted by Crippen LogP contribution is 2.20. The molecule has 0 bridgehead atoms. The Hall–Kier alpha value is -7.52.